The Kier molecular flexibility index (Phi) is 8.69. The summed E-state index contributed by atoms with van der Waals surface area (Å²) in [6, 6.07) is 23.8. The van der Waals surface area contributed by atoms with Crippen LogP contribution in [0.4, 0.5) is 4.79 Å². The van der Waals surface area contributed by atoms with Crippen LogP contribution in [0.5, 0.6) is 0 Å². The number of piperidine rings is 2. The Labute approximate surface area is 253 Å². The number of urea groups is 1. The van der Waals surface area contributed by atoms with Crippen LogP contribution in [0.25, 0.3) is 22.5 Å². The fourth-order valence-corrected chi connectivity index (χ4v) is 6.73. The number of benzene rings is 2. The molecule has 43 heavy (non-hydrogen) atoms. The number of aromatic nitrogens is 1. The summed E-state index contributed by atoms with van der Waals surface area (Å²) in [6.45, 7) is 5.23. The average molecular weight is 581 g/mol. The topological polar surface area (TPSA) is 103 Å². The van der Waals surface area contributed by atoms with Gasteiger partial charge in [0.1, 0.15) is 0 Å². The molecule has 0 spiro atoms. The van der Waals surface area contributed by atoms with Crippen molar-refractivity contribution >= 4 is 17.8 Å². The van der Waals surface area contributed by atoms with E-state index in [9.17, 15) is 14.4 Å². The van der Waals surface area contributed by atoms with E-state index >= 15 is 0 Å². The molecule has 2 N–H and O–H groups in total. The molecule has 3 saturated heterocycles. The van der Waals surface area contributed by atoms with Gasteiger partial charge in [-0.2, -0.15) is 0 Å². The van der Waals surface area contributed by atoms with Crippen molar-refractivity contribution in [2.24, 2.45) is 11.7 Å². The van der Waals surface area contributed by atoms with Gasteiger partial charge in [0.25, 0.3) is 5.91 Å². The lowest BCUT2D eigenvalue weighted by molar-refractivity contribution is -0.139. The van der Waals surface area contributed by atoms with E-state index < -0.39 is 6.03 Å². The number of carbonyl (C=O) groups excluding carboxylic acids is 3. The molecule has 3 aromatic rings. The maximum Gasteiger partial charge on any atom is 0.314 e. The van der Waals surface area contributed by atoms with Crippen molar-refractivity contribution in [1.82, 2.24) is 24.6 Å². The summed E-state index contributed by atoms with van der Waals surface area (Å²) in [5, 5.41) is 0. The van der Waals surface area contributed by atoms with Crippen molar-refractivity contribution in [1.29, 1.82) is 0 Å². The van der Waals surface area contributed by atoms with Gasteiger partial charge >= 0.3 is 6.03 Å². The molecular formula is C34H40N6O3. The van der Waals surface area contributed by atoms with E-state index in [4.69, 9.17) is 10.7 Å². The van der Waals surface area contributed by atoms with Crippen molar-refractivity contribution in [3.8, 4) is 22.5 Å². The number of likely N-dealkylation sites (tertiary alicyclic amines) is 2. The number of piperazine rings is 1. The molecule has 3 aliphatic heterocycles. The normalized spacial score (nSPS) is 20.2. The van der Waals surface area contributed by atoms with Gasteiger partial charge in [0, 0.05) is 68.5 Å². The van der Waals surface area contributed by atoms with Gasteiger partial charge in [0.2, 0.25) is 5.91 Å². The van der Waals surface area contributed by atoms with Crippen LogP contribution in [-0.2, 0) is 4.79 Å². The lowest BCUT2D eigenvalue weighted by atomic mass is 9.92. The van der Waals surface area contributed by atoms with E-state index in [0.29, 0.717) is 50.9 Å². The molecule has 0 unspecified atom stereocenters. The van der Waals surface area contributed by atoms with Crippen LogP contribution in [0, 0.1) is 5.92 Å². The van der Waals surface area contributed by atoms with Gasteiger partial charge in [-0.05, 0) is 44.4 Å². The second kappa shape index (κ2) is 13.0. The monoisotopic (exact) mass is 580 g/mol. The van der Waals surface area contributed by atoms with E-state index in [1.165, 1.54) is 0 Å². The molecule has 0 aliphatic carbocycles. The van der Waals surface area contributed by atoms with Crippen LogP contribution in [0.3, 0.4) is 0 Å². The van der Waals surface area contributed by atoms with E-state index in [1.807, 2.05) is 82.6 Å². The first-order valence-corrected chi connectivity index (χ1v) is 15.5. The number of hydrogen-bond acceptors (Lipinski definition) is 5. The number of carbonyl (C=O) groups is 3. The van der Waals surface area contributed by atoms with Crippen LogP contribution in [-0.4, -0.2) is 101 Å². The molecule has 224 valence electrons. The third-order valence-electron chi connectivity index (χ3n) is 9.18. The van der Waals surface area contributed by atoms with Crippen LogP contribution in [0.2, 0.25) is 0 Å². The van der Waals surface area contributed by atoms with Gasteiger partial charge < -0.3 is 20.4 Å². The fraction of sp³-hybridized carbons (Fsp3) is 0.412. The molecule has 6 rings (SSSR count). The molecule has 0 bridgehead atoms. The molecule has 2 aromatic carbocycles. The van der Waals surface area contributed by atoms with Crippen molar-refractivity contribution in [2.75, 3.05) is 52.4 Å². The van der Waals surface area contributed by atoms with Gasteiger partial charge in [-0.25, -0.2) is 9.78 Å². The number of amides is 4. The highest BCUT2D eigenvalue weighted by Crippen LogP contribution is 2.28. The molecule has 9 heteroatoms. The molecule has 1 aromatic heterocycles. The highest BCUT2D eigenvalue weighted by Gasteiger charge is 2.35. The number of hydrogen-bond donors (Lipinski definition) is 1. The number of nitrogens with two attached hydrogens (primary N) is 1. The highest BCUT2D eigenvalue weighted by molar-refractivity contribution is 5.96. The van der Waals surface area contributed by atoms with Crippen LogP contribution < -0.4 is 5.73 Å². The Morgan fingerprint density at radius 3 is 1.79 bits per heavy atom. The van der Waals surface area contributed by atoms with E-state index in [2.05, 4.69) is 4.90 Å². The number of primary amides is 1. The van der Waals surface area contributed by atoms with Crippen molar-refractivity contribution in [3.63, 3.8) is 0 Å². The molecule has 3 fully saturated rings. The second-order valence-electron chi connectivity index (χ2n) is 11.9. The summed E-state index contributed by atoms with van der Waals surface area (Å²) < 4.78 is 0. The minimum atomic E-state index is -0.419. The summed E-state index contributed by atoms with van der Waals surface area (Å²) in [4.78, 5) is 51.5. The summed E-state index contributed by atoms with van der Waals surface area (Å²) >= 11 is 0. The number of rotatable bonds is 5. The maximum atomic E-state index is 13.8. The Hall–Kier alpha value is -4.24. The van der Waals surface area contributed by atoms with Gasteiger partial charge in [0.15, 0.2) is 0 Å². The zero-order valence-electron chi connectivity index (χ0n) is 24.6. The quantitative estimate of drug-likeness (QED) is 0.492. The molecule has 0 saturated carbocycles. The summed E-state index contributed by atoms with van der Waals surface area (Å²) in [5.41, 5.74) is 9.61. The molecule has 3 aliphatic rings. The Morgan fingerprint density at radius 2 is 1.23 bits per heavy atom. The third-order valence-corrected chi connectivity index (χ3v) is 9.18. The molecular weight excluding hydrogens is 540 g/mol. The molecule has 0 radical (unpaired) electrons. The van der Waals surface area contributed by atoms with Crippen molar-refractivity contribution < 1.29 is 14.4 Å². The number of pyridine rings is 1. The van der Waals surface area contributed by atoms with E-state index in [1.54, 1.807) is 4.90 Å². The smallest absolute Gasteiger partial charge is 0.314 e. The zero-order chi connectivity index (χ0) is 29.8. The van der Waals surface area contributed by atoms with E-state index in [0.717, 1.165) is 61.3 Å². The Morgan fingerprint density at radius 1 is 0.674 bits per heavy atom. The largest absolute Gasteiger partial charge is 0.351 e. The van der Waals surface area contributed by atoms with Gasteiger partial charge in [-0.3, -0.25) is 14.5 Å². The van der Waals surface area contributed by atoms with Crippen LogP contribution >= 0.6 is 0 Å². The van der Waals surface area contributed by atoms with Crippen LogP contribution in [0.1, 0.15) is 36.0 Å². The summed E-state index contributed by atoms with van der Waals surface area (Å²) in [6.07, 6.45) is 3.69. The molecule has 1 atom stereocenters. The maximum absolute atomic E-state index is 13.8. The van der Waals surface area contributed by atoms with Crippen molar-refractivity contribution in [3.05, 3.63) is 78.4 Å². The fourth-order valence-electron chi connectivity index (χ4n) is 6.73. The lowest BCUT2D eigenvalue weighted by Crippen LogP contribution is -2.56. The minimum Gasteiger partial charge on any atom is -0.351 e. The van der Waals surface area contributed by atoms with E-state index in [-0.39, 0.29) is 17.7 Å². The molecule has 4 heterocycles. The second-order valence-corrected chi connectivity index (χ2v) is 11.9. The zero-order valence-corrected chi connectivity index (χ0v) is 24.6. The van der Waals surface area contributed by atoms with Gasteiger partial charge in [-0.15, -0.1) is 0 Å². The summed E-state index contributed by atoms with van der Waals surface area (Å²) in [7, 11) is 0. The minimum absolute atomic E-state index is 0.0156. The van der Waals surface area contributed by atoms with Gasteiger partial charge in [0.05, 0.1) is 17.3 Å². The first kappa shape index (κ1) is 28.9. The first-order valence-electron chi connectivity index (χ1n) is 15.5. The Bertz CT molecular complexity index is 1380. The number of nitrogens with zero attached hydrogens (tertiary/aromatic N) is 5. The predicted molar refractivity (Wildman–Crippen MR) is 166 cm³/mol. The molecule has 9 nitrogen and oxygen atoms in total. The van der Waals surface area contributed by atoms with Crippen LogP contribution in [0.15, 0.2) is 72.8 Å². The lowest BCUT2D eigenvalue weighted by Gasteiger charge is -2.43. The van der Waals surface area contributed by atoms with Crippen molar-refractivity contribution in [2.45, 2.75) is 31.7 Å². The summed E-state index contributed by atoms with van der Waals surface area (Å²) in [5.74, 6) is 0.220. The molecule has 4 amide bonds. The standard InChI is InChI=1S/C34H40N6O3/c35-34(43)39-20-18-38(19-21-39)32(41)27-12-7-15-40(24-27)29-13-16-37(17-14-29)33(42)28-22-30(25-8-3-1-4-9-25)36-31(23-28)26-10-5-2-6-11-26/h1-6,8-11,22-23,27,29H,7,12-21,24H2,(H2,35,43)/t27-/m1/s1. The van der Waals surface area contributed by atoms with Gasteiger partial charge in [-0.1, -0.05) is 60.7 Å². The first-order chi connectivity index (χ1) is 21.0. The highest BCUT2D eigenvalue weighted by atomic mass is 16.2. The Balaban J connectivity index is 1.10. The average Bonchev–Trinajstić information content (AvgIpc) is 3.08. The third kappa shape index (κ3) is 6.57. The predicted octanol–water partition coefficient (Wildman–Crippen LogP) is 3.96. The SMILES string of the molecule is NC(=O)N1CCN(C(=O)[C@@H]2CCCN(C3CCN(C(=O)c4cc(-c5ccccc5)nc(-c5ccccc5)c4)CC3)C2)CC1.